The van der Waals surface area contributed by atoms with Crippen LogP contribution in [0.15, 0.2) is 36.1 Å². The van der Waals surface area contributed by atoms with Crippen molar-refractivity contribution < 1.29 is 0 Å². The van der Waals surface area contributed by atoms with Gasteiger partial charge in [0.05, 0.1) is 0 Å². The van der Waals surface area contributed by atoms with Crippen molar-refractivity contribution in [2.45, 2.75) is 21.3 Å². The van der Waals surface area contributed by atoms with Gasteiger partial charge in [-0.05, 0) is 19.9 Å². The third-order valence-electron chi connectivity index (χ3n) is 1.49. The van der Waals surface area contributed by atoms with Crippen molar-refractivity contribution in [3.63, 3.8) is 0 Å². The number of hydrogen-bond acceptors (Lipinski definition) is 1. The molecule has 0 atom stereocenters. The summed E-state index contributed by atoms with van der Waals surface area (Å²) in [6.45, 7) is 4.10. The highest BCUT2D eigenvalue weighted by Gasteiger charge is 1.92. The van der Waals surface area contributed by atoms with Crippen LogP contribution in [0.5, 0.6) is 0 Å². The van der Waals surface area contributed by atoms with E-state index in [4.69, 9.17) is 11.6 Å². The minimum atomic E-state index is 0. The fraction of sp³-hybridized carbons (Fsp3) is 0.250. The maximum Gasteiger partial charge on any atom is 0.136 e. The van der Waals surface area contributed by atoms with E-state index in [0.717, 1.165) is 5.56 Å². The van der Waals surface area contributed by atoms with E-state index in [9.17, 15) is 0 Å². The fourth-order valence-corrected chi connectivity index (χ4v) is 1.05. The van der Waals surface area contributed by atoms with E-state index in [1.807, 2.05) is 30.4 Å². The molecule has 0 radical (unpaired) electrons. The largest absolute Gasteiger partial charge is 0.244 e. The van der Waals surface area contributed by atoms with E-state index in [0.29, 0.717) is 5.15 Å². The van der Waals surface area contributed by atoms with E-state index in [2.05, 4.69) is 18.8 Å². The number of pyridine rings is 1. The van der Waals surface area contributed by atoms with E-state index in [1.54, 1.807) is 6.20 Å². The van der Waals surface area contributed by atoms with Crippen molar-refractivity contribution in [1.82, 2.24) is 4.98 Å². The Bertz CT molecular complexity index is 336. The molecule has 1 nitrogen and oxygen atoms in total. The van der Waals surface area contributed by atoms with Crippen molar-refractivity contribution in [3.05, 3.63) is 46.8 Å². The summed E-state index contributed by atoms with van der Waals surface area (Å²) in [5, 5.41) is 0.543. The van der Waals surface area contributed by atoms with Gasteiger partial charge in [0.15, 0.2) is 0 Å². The zero-order valence-corrected chi connectivity index (χ0v) is 8.55. The minimum absolute atomic E-state index is 0. The van der Waals surface area contributed by atoms with Gasteiger partial charge in [-0.1, -0.05) is 48.9 Å². The first-order valence-electron chi connectivity index (χ1n) is 4.12. The SMILES string of the molecule is C.CC(C)=C/C=C\c1cccnc1Cl. The summed E-state index contributed by atoms with van der Waals surface area (Å²) in [4.78, 5) is 3.97. The van der Waals surface area contributed by atoms with Gasteiger partial charge in [0.1, 0.15) is 5.15 Å². The number of allylic oxidation sites excluding steroid dienone is 3. The maximum atomic E-state index is 5.86. The van der Waals surface area contributed by atoms with Crippen molar-refractivity contribution in [3.8, 4) is 0 Å². The molecule has 1 aromatic rings. The number of halogens is 1. The Hall–Kier alpha value is -1.08. The lowest BCUT2D eigenvalue weighted by atomic mass is 10.2. The normalized spacial score (nSPS) is 9.64. The van der Waals surface area contributed by atoms with Crippen LogP contribution in [0.3, 0.4) is 0 Å². The third kappa shape index (κ3) is 4.24. The molecule has 0 bridgehead atoms. The smallest absolute Gasteiger partial charge is 0.136 e. The molecule has 2 heteroatoms. The lowest BCUT2D eigenvalue weighted by Gasteiger charge is -1.93. The number of nitrogens with zero attached hydrogens (tertiary/aromatic N) is 1. The van der Waals surface area contributed by atoms with Crippen LogP contribution < -0.4 is 0 Å². The maximum absolute atomic E-state index is 5.86. The molecular formula is C12H16ClN. The van der Waals surface area contributed by atoms with Crippen LogP contribution >= 0.6 is 11.6 Å². The lowest BCUT2D eigenvalue weighted by molar-refractivity contribution is 1.32. The molecule has 0 saturated carbocycles. The molecule has 14 heavy (non-hydrogen) atoms. The lowest BCUT2D eigenvalue weighted by Crippen LogP contribution is -1.77. The zero-order chi connectivity index (χ0) is 9.68. The summed E-state index contributed by atoms with van der Waals surface area (Å²) in [5.41, 5.74) is 2.21. The molecule has 1 aromatic heterocycles. The Labute approximate surface area is 91.1 Å². The predicted octanol–water partition coefficient (Wildman–Crippen LogP) is 4.35. The van der Waals surface area contributed by atoms with Gasteiger partial charge in [-0.3, -0.25) is 0 Å². The van der Waals surface area contributed by atoms with Gasteiger partial charge in [0.2, 0.25) is 0 Å². The van der Waals surface area contributed by atoms with Crippen molar-refractivity contribution in [2.75, 3.05) is 0 Å². The molecule has 0 aromatic carbocycles. The summed E-state index contributed by atoms with van der Waals surface area (Å²) < 4.78 is 0. The van der Waals surface area contributed by atoms with Gasteiger partial charge in [0.25, 0.3) is 0 Å². The summed E-state index contributed by atoms with van der Waals surface area (Å²) in [5.74, 6) is 0. The fourth-order valence-electron chi connectivity index (χ4n) is 0.867. The van der Waals surface area contributed by atoms with Crippen molar-refractivity contribution >= 4 is 17.7 Å². The first kappa shape index (κ1) is 12.9. The summed E-state index contributed by atoms with van der Waals surface area (Å²) in [6, 6.07) is 3.80. The van der Waals surface area contributed by atoms with Crippen LogP contribution in [0, 0.1) is 0 Å². The standard InChI is InChI=1S/C11H12ClN.CH4/c1-9(2)5-3-6-10-7-4-8-13-11(10)12;/h3-8H,1-2H3;1H4/b6-3-;. The molecular weight excluding hydrogens is 194 g/mol. The Kier molecular flexibility index (Phi) is 5.89. The second-order valence-electron chi connectivity index (χ2n) is 2.99. The van der Waals surface area contributed by atoms with Crippen molar-refractivity contribution in [2.24, 2.45) is 0 Å². The molecule has 1 rings (SSSR count). The Morgan fingerprint density at radius 2 is 2.14 bits per heavy atom. The van der Waals surface area contributed by atoms with Crippen LogP contribution in [0.25, 0.3) is 6.08 Å². The van der Waals surface area contributed by atoms with Gasteiger partial charge in [-0.15, -0.1) is 0 Å². The summed E-state index contributed by atoms with van der Waals surface area (Å²) >= 11 is 5.86. The van der Waals surface area contributed by atoms with E-state index >= 15 is 0 Å². The molecule has 0 spiro atoms. The molecule has 0 aliphatic heterocycles. The first-order chi connectivity index (χ1) is 6.20. The molecule has 1 heterocycles. The van der Waals surface area contributed by atoms with Crippen molar-refractivity contribution in [1.29, 1.82) is 0 Å². The van der Waals surface area contributed by atoms with Crippen LogP contribution in [0.4, 0.5) is 0 Å². The van der Waals surface area contributed by atoms with Gasteiger partial charge >= 0.3 is 0 Å². The van der Waals surface area contributed by atoms with Gasteiger partial charge in [0, 0.05) is 11.8 Å². The Morgan fingerprint density at radius 1 is 1.43 bits per heavy atom. The Balaban J connectivity index is 0.00000169. The molecule has 0 saturated heterocycles. The monoisotopic (exact) mass is 209 g/mol. The number of rotatable bonds is 2. The van der Waals surface area contributed by atoms with Gasteiger partial charge in [-0.25, -0.2) is 4.98 Å². The van der Waals surface area contributed by atoms with Gasteiger partial charge in [-0.2, -0.15) is 0 Å². The Morgan fingerprint density at radius 3 is 2.71 bits per heavy atom. The van der Waals surface area contributed by atoms with Gasteiger partial charge < -0.3 is 0 Å². The quantitative estimate of drug-likeness (QED) is 0.521. The average molecular weight is 210 g/mol. The predicted molar refractivity (Wildman–Crippen MR) is 64.4 cm³/mol. The molecule has 0 N–H and O–H groups in total. The number of hydrogen-bond donors (Lipinski definition) is 0. The molecule has 0 fully saturated rings. The van der Waals surface area contributed by atoms with E-state index in [-0.39, 0.29) is 7.43 Å². The molecule has 0 amide bonds. The number of aromatic nitrogens is 1. The van der Waals surface area contributed by atoms with Crippen LogP contribution in [0.2, 0.25) is 5.15 Å². The second kappa shape index (κ2) is 6.39. The van der Waals surface area contributed by atoms with E-state index in [1.165, 1.54) is 5.57 Å². The average Bonchev–Trinajstić information content (AvgIpc) is 2.08. The zero-order valence-electron chi connectivity index (χ0n) is 7.79. The first-order valence-corrected chi connectivity index (χ1v) is 4.50. The highest BCUT2D eigenvalue weighted by atomic mass is 35.5. The summed E-state index contributed by atoms with van der Waals surface area (Å²) in [7, 11) is 0. The van der Waals surface area contributed by atoms with Crippen LogP contribution in [0.1, 0.15) is 26.8 Å². The highest BCUT2D eigenvalue weighted by molar-refractivity contribution is 6.30. The van der Waals surface area contributed by atoms with E-state index < -0.39 is 0 Å². The molecule has 0 aliphatic carbocycles. The molecule has 0 unspecified atom stereocenters. The molecule has 0 aliphatic rings. The topological polar surface area (TPSA) is 12.9 Å². The van der Waals surface area contributed by atoms with Crippen LogP contribution in [-0.2, 0) is 0 Å². The van der Waals surface area contributed by atoms with Crippen LogP contribution in [-0.4, -0.2) is 4.98 Å². The second-order valence-corrected chi connectivity index (χ2v) is 3.34. The molecule has 76 valence electrons. The highest BCUT2D eigenvalue weighted by Crippen LogP contribution is 2.13. The third-order valence-corrected chi connectivity index (χ3v) is 1.81. The summed E-state index contributed by atoms with van der Waals surface area (Å²) in [6.07, 6.45) is 7.63. The minimum Gasteiger partial charge on any atom is -0.244 e.